The number of hydrogen-bond donors (Lipinski definition) is 2. The summed E-state index contributed by atoms with van der Waals surface area (Å²) in [6, 6.07) is 0. The van der Waals surface area contributed by atoms with Gasteiger partial charge in [0.15, 0.2) is 5.96 Å². The Kier molecular flexibility index (Phi) is 7.64. The number of rotatable bonds is 9. The molecule has 0 atom stereocenters. The van der Waals surface area contributed by atoms with Crippen LogP contribution in [0.5, 0.6) is 0 Å². The molecular formula is C19H31N7OS. The first-order chi connectivity index (χ1) is 13.7. The van der Waals surface area contributed by atoms with E-state index < -0.39 is 0 Å². The number of aryl methyl sites for hydroxylation is 3. The van der Waals surface area contributed by atoms with E-state index in [0.29, 0.717) is 13.1 Å². The summed E-state index contributed by atoms with van der Waals surface area (Å²) in [6.45, 7) is 7.90. The fraction of sp³-hybridized carbons (Fsp3) is 0.684. The van der Waals surface area contributed by atoms with E-state index in [-0.39, 0.29) is 5.69 Å². The molecule has 0 radical (unpaired) electrons. The molecule has 0 unspecified atom stereocenters. The molecule has 2 aromatic heterocycles. The summed E-state index contributed by atoms with van der Waals surface area (Å²) in [5, 5.41) is 12.3. The molecule has 3 heterocycles. The van der Waals surface area contributed by atoms with Gasteiger partial charge in [-0.05, 0) is 32.6 Å². The highest BCUT2D eigenvalue weighted by molar-refractivity contribution is 7.11. The third-order valence-corrected chi connectivity index (χ3v) is 5.96. The average molecular weight is 406 g/mol. The summed E-state index contributed by atoms with van der Waals surface area (Å²) in [5.74, 6) is 1.74. The minimum absolute atomic E-state index is 0.0265. The van der Waals surface area contributed by atoms with E-state index in [9.17, 15) is 4.79 Å². The van der Waals surface area contributed by atoms with Crippen LogP contribution >= 0.6 is 11.3 Å². The second kappa shape index (κ2) is 10.4. The highest BCUT2D eigenvalue weighted by atomic mass is 32.1. The van der Waals surface area contributed by atoms with Crippen LogP contribution in [0, 0.1) is 0 Å². The maximum Gasteiger partial charge on any atom is 0.345 e. The van der Waals surface area contributed by atoms with E-state index in [0.717, 1.165) is 75.0 Å². The molecule has 0 aromatic carbocycles. The monoisotopic (exact) mass is 405 g/mol. The van der Waals surface area contributed by atoms with Crippen molar-refractivity contribution in [1.29, 1.82) is 0 Å². The first-order valence-electron chi connectivity index (χ1n) is 10.3. The van der Waals surface area contributed by atoms with Crippen molar-refractivity contribution in [2.75, 3.05) is 19.6 Å². The Balaban J connectivity index is 1.45. The van der Waals surface area contributed by atoms with Crippen LogP contribution in [-0.2, 0) is 32.4 Å². The molecule has 2 aromatic rings. The lowest BCUT2D eigenvalue weighted by Crippen LogP contribution is -2.38. The Hall–Kier alpha value is -2.16. The maximum atomic E-state index is 12.3. The zero-order valence-corrected chi connectivity index (χ0v) is 17.7. The lowest BCUT2D eigenvalue weighted by molar-refractivity contribution is 0.509. The van der Waals surface area contributed by atoms with Gasteiger partial charge in [-0.25, -0.2) is 14.5 Å². The molecule has 0 amide bonds. The quantitative estimate of drug-likeness (QED) is 0.376. The molecule has 3 rings (SSSR count). The first kappa shape index (κ1) is 20.6. The molecule has 0 aliphatic carbocycles. The number of guanidine groups is 1. The molecule has 8 nitrogen and oxygen atoms in total. The minimum atomic E-state index is 0.0265. The molecule has 0 bridgehead atoms. The van der Waals surface area contributed by atoms with Crippen LogP contribution in [0.3, 0.4) is 0 Å². The highest BCUT2D eigenvalue weighted by Crippen LogP contribution is 2.13. The van der Waals surface area contributed by atoms with E-state index >= 15 is 0 Å². The van der Waals surface area contributed by atoms with Crippen molar-refractivity contribution in [1.82, 2.24) is 30.0 Å². The normalized spacial score (nSPS) is 14.1. The number of hydrogen-bond acceptors (Lipinski definition) is 5. The van der Waals surface area contributed by atoms with Crippen molar-refractivity contribution in [2.45, 2.75) is 65.5 Å². The molecule has 9 heteroatoms. The van der Waals surface area contributed by atoms with Crippen molar-refractivity contribution in [3.63, 3.8) is 0 Å². The van der Waals surface area contributed by atoms with Gasteiger partial charge >= 0.3 is 5.69 Å². The molecule has 0 saturated heterocycles. The lowest BCUT2D eigenvalue weighted by atomic mass is 10.2. The zero-order chi connectivity index (χ0) is 19.8. The molecule has 28 heavy (non-hydrogen) atoms. The van der Waals surface area contributed by atoms with Gasteiger partial charge in [0, 0.05) is 56.6 Å². The minimum Gasteiger partial charge on any atom is -0.357 e. The van der Waals surface area contributed by atoms with Gasteiger partial charge in [0.1, 0.15) is 5.82 Å². The van der Waals surface area contributed by atoms with Gasteiger partial charge in [-0.2, -0.15) is 5.10 Å². The predicted octanol–water partition coefficient (Wildman–Crippen LogP) is 1.59. The molecule has 2 N–H and O–H groups in total. The van der Waals surface area contributed by atoms with Crippen LogP contribution in [0.2, 0.25) is 0 Å². The second-order valence-electron chi connectivity index (χ2n) is 6.90. The Labute approximate surface area is 170 Å². The van der Waals surface area contributed by atoms with Crippen LogP contribution in [-0.4, -0.2) is 44.9 Å². The summed E-state index contributed by atoms with van der Waals surface area (Å²) in [5.41, 5.74) is 0.0265. The fourth-order valence-corrected chi connectivity index (χ4v) is 4.12. The van der Waals surface area contributed by atoms with E-state index in [1.54, 1.807) is 16.0 Å². The van der Waals surface area contributed by atoms with Crippen molar-refractivity contribution in [2.24, 2.45) is 4.99 Å². The number of fused-ring (bicyclic) bond motifs is 1. The molecule has 0 spiro atoms. The summed E-state index contributed by atoms with van der Waals surface area (Å²) in [6.07, 6.45) is 7.80. The Morgan fingerprint density at radius 2 is 2.21 bits per heavy atom. The van der Waals surface area contributed by atoms with Gasteiger partial charge in [-0.1, -0.05) is 6.92 Å². The Morgan fingerprint density at radius 3 is 2.96 bits per heavy atom. The van der Waals surface area contributed by atoms with Gasteiger partial charge in [-0.15, -0.1) is 11.3 Å². The van der Waals surface area contributed by atoms with Crippen molar-refractivity contribution < 1.29 is 0 Å². The van der Waals surface area contributed by atoms with Crippen LogP contribution in [0.1, 0.15) is 48.8 Å². The van der Waals surface area contributed by atoms with Crippen LogP contribution in [0.15, 0.2) is 16.0 Å². The smallest absolute Gasteiger partial charge is 0.345 e. The number of aliphatic imine (C=N–C) groups is 1. The standard InChI is InChI=1S/C19H31N7OS/c1-3-15-14-23-17(28-15)9-11-22-18(20-4-2)21-10-7-13-26-19(27)25-12-6-5-8-16(25)24-26/h14H,3-13H2,1-2H3,(H2,20,21,22). The molecule has 0 fully saturated rings. The number of aromatic nitrogens is 4. The summed E-state index contributed by atoms with van der Waals surface area (Å²) < 4.78 is 3.42. The van der Waals surface area contributed by atoms with Crippen LogP contribution in [0.4, 0.5) is 0 Å². The summed E-state index contributed by atoms with van der Waals surface area (Å²) in [4.78, 5) is 22.7. The van der Waals surface area contributed by atoms with Crippen LogP contribution < -0.4 is 16.3 Å². The van der Waals surface area contributed by atoms with E-state index in [1.165, 1.54) is 4.88 Å². The van der Waals surface area contributed by atoms with Gasteiger partial charge in [0.05, 0.1) is 5.01 Å². The molecule has 1 aliphatic heterocycles. The first-order valence-corrected chi connectivity index (χ1v) is 11.1. The third-order valence-electron chi connectivity index (χ3n) is 4.75. The SMILES string of the molecule is CCNC(=NCCCn1nc2n(c1=O)CCCC2)NCCc1ncc(CC)s1. The molecular weight excluding hydrogens is 374 g/mol. The number of nitrogens with zero attached hydrogens (tertiary/aromatic N) is 5. The lowest BCUT2D eigenvalue weighted by Gasteiger charge is -2.10. The molecule has 1 aliphatic rings. The molecule has 154 valence electrons. The van der Waals surface area contributed by atoms with E-state index in [1.807, 2.05) is 10.8 Å². The Bertz CT molecular complexity index is 836. The van der Waals surface area contributed by atoms with Crippen LogP contribution in [0.25, 0.3) is 0 Å². The van der Waals surface area contributed by atoms with Crippen molar-refractivity contribution >= 4 is 17.3 Å². The third kappa shape index (κ3) is 5.43. The van der Waals surface area contributed by atoms with E-state index in [4.69, 9.17) is 0 Å². The zero-order valence-electron chi connectivity index (χ0n) is 16.9. The van der Waals surface area contributed by atoms with E-state index in [2.05, 4.69) is 39.6 Å². The largest absolute Gasteiger partial charge is 0.357 e. The van der Waals surface area contributed by atoms with Gasteiger partial charge in [-0.3, -0.25) is 9.56 Å². The summed E-state index contributed by atoms with van der Waals surface area (Å²) in [7, 11) is 0. The van der Waals surface area contributed by atoms with Crippen molar-refractivity contribution in [3.8, 4) is 0 Å². The average Bonchev–Trinajstić information content (AvgIpc) is 3.30. The van der Waals surface area contributed by atoms with Gasteiger partial charge in [0.25, 0.3) is 0 Å². The van der Waals surface area contributed by atoms with Crippen molar-refractivity contribution in [3.05, 3.63) is 32.4 Å². The second-order valence-corrected chi connectivity index (χ2v) is 8.10. The molecule has 0 saturated carbocycles. The highest BCUT2D eigenvalue weighted by Gasteiger charge is 2.16. The Morgan fingerprint density at radius 1 is 1.32 bits per heavy atom. The number of thiazole rings is 1. The van der Waals surface area contributed by atoms with Gasteiger partial charge in [0.2, 0.25) is 0 Å². The number of nitrogens with one attached hydrogen (secondary N) is 2. The van der Waals surface area contributed by atoms with Gasteiger partial charge < -0.3 is 10.6 Å². The summed E-state index contributed by atoms with van der Waals surface area (Å²) >= 11 is 1.78. The fourth-order valence-electron chi connectivity index (χ4n) is 3.26. The topological polar surface area (TPSA) is 89.1 Å². The predicted molar refractivity (Wildman–Crippen MR) is 113 cm³/mol. The maximum absolute atomic E-state index is 12.3.